The van der Waals surface area contributed by atoms with Gasteiger partial charge >= 0.3 is 5.97 Å². The molecule has 0 rings (SSSR count). The molecule has 0 amide bonds. The molecule has 0 spiro atoms. The first-order valence-corrected chi connectivity index (χ1v) is 3.57. The van der Waals surface area contributed by atoms with Crippen LogP contribution in [0.15, 0.2) is 24.5 Å². The van der Waals surface area contributed by atoms with E-state index in [2.05, 4.69) is 6.58 Å². The molecule has 0 aliphatic carbocycles. The number of esters is 1. The van der Waals surface area contributed by atoms with Gasteiger partial charge < -0.3 is 4.74 Å². The third-order valence-corrected chi connectivity index (χ3v) is 1.15. The third kappa shape index (κ3) is 4.37. The normalized spacial score (nSPS) is 11.5. The first-order valence-electron chi connectivity index (χ1n) is 3.57. The summed E-state index contributed by atoms with van der Waals surface area (Å²) in [6.07, 6.45) is 3.04. The summed E-state index contributed by atoms with van der Waals surface area (Å²) in [5, 5.41) is 0. The van der Waals surface area contributed by atoms with E-state index in [0.717, 1.165) is 5.57 Å². The quantitative estimate of drug-likeness (QED) is 0.354. The molecule has 0 atom stereocenters. The Balaban J connectivity index is 3.88. The van der Waals surface area contributed by atoms with Gasteiger partial charge in [0.15, 0.2) is 0 Å². The molecular formula is C9H14O2. The second-order valence-corrected chi connectivity index (χ2v) is 2.66. The maximum absolute atomic E-state index is 10.9. The number of allylic oxidation sites excluding steroid dienone is 2. The highest BCUT2D eigenvalue weighted by Crippen LogP contribution is 1.99. The van der Waals surface area contributed by atoms with Gasteiger partial charge in [-0.05, 0) is 12.5 Å². The lowest BCUT2D eigenvalue weighted by atomic mass is 10.2. The molecule has 0 aliphatic heterocycles. The molecule has 0 aliphatic rings. The van der Waals surface area contributed by atoms with E-state index in [1.54, 1.807) is 19.9 Å². The highest BCUT2D eigenvalue weighted by atomic mass is 16.5. The SMILES string of the molecule is C=CC(C)=COC(=O)C(C)C. The van der Waals surface area contributed by atoms with Crippen molar-refractivity contribution >= 4 is 5.97 Å². The molecule has 0 radical (unpaired) electrons. The zero-order valence-corrected chi connectivity index (χ0v) is 7.26. The molecule has 0 bridgehead atoms. The molecule has 0 N–H and O–H groups in total. The van der Waals surface area contributed by atoms with Crippen LogP contribution >= 0.6 is 0 Å². The third-order valence-electron chi connectivity index (χ3n) is 1.15. The van der Waals surface area contributed by atoms with Crippen LogP contribution in [0.3, 0.4) is 0 Å². The number of hydrogen-bond donors (Lipinski definition) is 0. The van der Waals surface area contributed by atoms with Crippen molar-refractivity contribution in [2.75, 3.05) is 0 Å². The Bertz CT molecular complexity index is 178. The fraction of sp³-hybridized carbons (Fsp3) is 0.444. The average Bonchev–Trinajstić information content (AvgIpc) is 1.99. The van der Waals surface area contributed by atoms with Crippen LogP contribution < -0.4 is 0 Å². The van der Waals surface area contributed by atoms with E-state index in [-0.39, 0.29) is 11.9 Å². The largest absolute Gasteiger partial charge is 0.434 e. The Morgan fingerprint density at radius 1 is 1.55 bits per heavy atom. The summed E-state index contributed by atoms with van der Waals surface area (Å²) in [6, 6.07) is 0. The van der Waals surface area contributed by atoms with E-state index in [1.165, 1.54) is 6.26 Å². The number of carbonyl (C=O) groups excluding carboxylic acids is 1. The molecule has 0 fully saturated rings. The molecule has 0 aromatic heterocycles. The molecule has 62 valence electrons. The van der Waals surface area contributed by atoms with Crippen molar-refractivity contribution in [3.63, 3.8) is 0 Å². The Kier molecular flexibility index (Phi) is 4.27. The van der Waals surface area contributed by atoms with Crippen molar-refractivity contribution in [1.29, 1.82) is 0 Å². The summed E-state index contributed by atoms with van der Waals surface area (Å²) in [7, 11) is 0. The van der Waals surface area contributed by atoms with Gasteiger partial charge in [0.25, 0.3) is 0 Å². The van der Waals surface area contributed by atoms with E-state index in [4.69, 9.17) is 4.74 Å². The van der Waals surface area contributed by atoms with Crippen LogP contribution in [-0.2, 0) is 9.53 Å². The Morgan fingerprint density at radius 2 is 2.09 bits per heavy atom. The second-order valence-electron chi connectivity index (χ2n) is 2.66. The number of ether oxygens (including phenoxy) is 1. The van der Waals surface area contributed by atoms with E-state index >= 15 is 0 Å². The van der Waals surface area contributed by atoms with Gasteiger partial charge in [0.05, 0.1) is 12.2 Å². The molecule has 0 saturated heterocycles. The summed E-state index contributed by atoms with van der Waals surface area (Å²) in [5.41, 5.74) is 0.846. The van der Waals surface area contributed by atoms with Crippen LogP contribution in [0.2, 0.25) is 0 Å². The predicted octanol–water partition coefficient (Wildman–Crippen LogP) is 2.28. The van der Waals surface area contributed by atoms with Crippen LogP contribution in [0, 0.1) is 5.92 Å². The van der Waals surface area contributed by atoms with Crippen LogP contribution in [0.25, 0.3) is 0 Å². The molecule has 2 nitrogen and oxygen atoms in total. The van der Waals surface area contributed by atoms with Gasteiger partial charge in [-0.15, -0.1) is 0 Å². The minimum atomic E-state index is -0.216. The van der Waals surface area contributed by atoms with E-state index in [9.17, 15) is 4.79 Å². The maximum Gasteiger partial charge on any atom is 0.313 e. The van der Waals surface area contributed by atoms with E-state index in [0.29, 0.717) is 0 Å². The lowest BCUT2D eigenvalue weighted by Gasteiger charge is -2.01. The van der Waals surface area contributed by atoms with E-state index < -0.39 is 0 Å². The fourth-order valence-corrected chi connectivity index (χ4v) is 0.335. The highest BCUT2D eigenvalue weighted by Gasteiger charge is 2.05. The van der Waals surface area contributed by atoms with Crippen molar-refractivity contribution in [3.05, 3.63) is 24.5 Å². The highest BCUT2D eigenvalue weighted by molar-refractivity contribution is 5.72. The van der Waals surface area contributed by atoms with Gasteiger partial charge in [0.1, 0.15) is 0 Å². The van der Waals surface area contributed by atoms with Crippen LogP contribution in [0.5, 0.6) is 0 Å². The lowest BCUT2D eigenvalue weighted by molar-refractivity contribution is -0.141. The minimum Gasteiger partial charge on any atom is -0.434 e. The topological polar surface area (TPSA) is 26.3 Å². The fourth-order valence-electron chi connectivity index (χ4n) is 0.335. The summed E-state index contributed by atoms with van der Waals surface area (Å²) < 4.78 is 4.78. The van der Waals surface area contributed by atoms with Gasteiger partial charge in [-0.1, -0.05) is 26.5 Å². The molecule has 0 heterocycles. The predicted molar refractivity (Wildman–Crippen MR) is 44.9 cm³/mol. The van der Waals surface area contributed by atoms with Crippen LogP contribution in [-0.4, -0.2) is 5.97 Å². The molecule has 2 heteroatoms. The first kappa shape index (κ1) is 9.95. The molecule has 0 unspecified atom stereocenters. The lowest BCUT2D eigenvalue weighted by Crippen LogP contribution is -2.07. The first-order chi connectivity index (χ1) is 5.07. The van der Waals surface area contributed by atoms with Gasteiger partial charge in [0.2, 0.25) is 0 Å². The molecule has 0 aromatic rings. The van der Waals surface area contributed by atoms with Gasteiger partial charge in [-0.25, -0.2) is 0 Å². The van der Waals surface area contributed by atoms with Crippen molar-refractivity contribution in [1.82, 2.24) is 0 Å². The summed E-state index contributed by atoms with van der Waals surface area (Å²) in [4.78, 5) is 10.9. The van der Waals surface area contributed by atoms with E-state index in [1.807, 2.05) is 6.92 Å². The standard InChI is InChI=1S/C9H14O2/c1-5-8(4)6-11-9(10)7(2)3/h5-7H,1H2,2-4H3. The van der Waals surface area contributed by atoms with Crippen molar-refractivity contribution in [2.24, 2.45) is 5.92 Å². The van der Waals surface area contributed by atoms with Gasteiger partial charge in [-0.3, -0.25) is 4.79 Å². The summed E-state index contributed by atoms with van der Waals surface area (Å²) in [5.74, 6) is -0.296. The molecular weight excluding hydrogens is 140 g/mol. The number of carbonyl (C=O) groups is 1. The van der Waals surface area contributed by atoms with Crippen molar-refractivity contribution < 1.29 is 9.53 Å². The van der Waals surface area contributed by atoms with Crippen molar-refractivity contribution in [2.45, 2.75) is 20.8 Å². The van der Waals surface area contributed by atoms with Crippen LogP contribution in [0.4, 0.5) is 0 Å². The number of rotatable bonds is 3. The maximum atomic E-state index is 10.9. The zero-order chi connectivity index (χ0) is 8.85. The Labute approximate surface area is 67.6 Å². The Hall–Kier alpha value is -1.05. The Morgan fingerprint density at radius 3 is 2.45 bits per heavy atom. The second kappa shape index (κ2) is 4.72. The van der Waals surface area contributed by atoms with Crippen molar-refractivity contribution in [3.8, 4) is 0 Å². The van der Waals surface area contributed by atoms with Crippen LogP contribution in [0.1, 0.15) is 20.8 Å². The van der Waals surface area contributed by atoms with Gasteiger partial charge in [-0.2, -0.15) is 0 Å². The molecule has 0 aromatic carbocycles. The molecule has 11 heavy (non-hydrogen) atoms. The molecule has 0 saturated carbocycles. The smallest absolute Gasteiger partial charge is 0.313 e. The van der Waals surface area contributed by atoms with Gasteiger partial charge in [0, 0.05) is 0 Å². The average molecular weight is 154 g/mol. The monoisotopic (exact) mass is 154 g/mol. The minimum absolute atomic E-state index is 0.0798. The summed E-state index contributed by atoms with van der Waals surface area (Å²) >= 11 is 0. The summed E-state index contributed by atoms with van der Waals surface area (Å²) in [6.45, 7) is 8.93. The zero-order valence-electron chi connectivity index (χ0n) is 7.26. The number of hydrogen-bond acceptors (Lipinski definition) is 2.